The fourth-order valence-electron chi connectivity index (χ4n) is 2.42. The normalized spacial score (nSPS) is 16.8. The van der Waals surface area contributed by atoms with Gasteiger partial charge in [-0.3, -0.25) is 0 Å². The average molecular weight is 264 g/mol. The highest BCUT2D eigenvalue weighted by Gasteiger charge is 2.22. The van der Waals surface area contributed by atoms with Gasteiger partial charge in [0.15, 0.2) is 0 Å². The van der Waals surface area contributed by atoms with Crippen molar-refractivity contribution in [1.29, 1.82) is 0 Å². The molecule has 0 spiro atoms. The van der Waals surface area contributed by atoms with Gasteiger partial charge in [0.2, 0.25) is 5.95 Å². The van der Waals surface area contributed by atoms with E-state index in [0.717, 1.165) is 51.5 Å². The Bertz CT molecular complexity index is 383. The zero-order chi connectivity index (χ0) is 13.5. The summed E-state index contributed by atoms with van der Waals surface area (Å²) in [7, 11) is 0. The molecule has 2 rings (SSSR count). The Morgan fingerprint density at radius 1 is 1.47 bits per heavy atom. The molecule has 2 heterocycles. The number of nitrogens with zero attached hydrogens (tertiary/aromatic N) is 3. The molecule has 0 aromatic carbocycles. The summed E-state index contributed by atoms with van der Waals surface area (Å²) < 4.78 is 7.94. The highest BCUT2D eigenvalue weighted by molar-refractivity contribution is 5.32. The standard InChI is InChI=1S/C14H24N4O/c1-2-8-17-11-7-16-14(17)18-9-4-13(5-10-18)19-12-3-6-15/h2,7,11,13H,1,3-6,8-10,12,15H2. The minimum Gasteiger partial charge on any atom is -0.378 e. The van der Waals surface area contributed by atoms with Crippen molar-refractivity contribution in [2.24, 2.45) is 5.73 Å². The molecule has 1 fully saturated rings. The number of anilines is 1. The van der Waals surface area contributed by atoms with Gasteiger partial charge in [-0.2, -0.15) is 0 Å². The van der Waals surface area contributed by atoms with Crippen LogP contribution in [0.3, 0.4) is 0 Å². The van der Waals surface area contributed by atoms with E-state index < -0.39 is 0 Å². The maximum absolute atomic E-state index is 5.82. The van der Waals surface area contributed by atoms with Crippen LogP contribution in [0.5, 0.6) is 0 Å². The molecule has 1 aromatic heterocycles. The number of imidazole rings is 1. The van der Waals surface area contributed by atoms with E-state index in [1.165, 1.54) is 0 Å². The summed E-state index contributed by atoms with van der Waals surface area (Å²) in [6, 6.07) is 0. The Morgan fingerprint density at radius 2 is 2.26 bits per heavy atom. The van der Waals surface area contributed by atoms with Crippen molar-refractivity contribution in [2.75, 3.05) is 31.1 Å². The number of piperidine rings is 1. The van der Waals surface area contributed by atoms with Crippen LogP contribution in [0.15, 0.2) is 25.0 Å². The molecule has 0 radical (unpaired) electrons. The molecule has 0 unspecified atom stereocenters. The third-order valence-corrected chi connectivity index (χ3v) is 3.45. The fourth-order valence-corrected chi connectivity index (χ4v) is 2.42. The zero-order valence-electron chi connectivity index (χ0n) is 11.5. The van der Waals surface area contributed by atoms with Gasteiger partial charge in [0.05, 0.1) is 6.10 Å². The monoisotopic (exact) mass is 264 g/mol. The van der Waals surface area contributed by atoms with Crippen molar-refractivity contribution < 1.29 is 4.74 Å². The lowest BCUT2D eigenvalue weighted by Gasteiger charge is -2.32. The first-order valence-electron chi connectivity index (χ1n) is 7.03. The Hall–Kier alpha value is -1.33. The Balaban J connectivity index is 1.82. The van der Waals surface area contributed by atoms with Crippen molar-refractivity contribution in [3.63, 3.8) is 0 Å². The van der Waals surface area contributed by atoms with Crippen molar-refractivity contribution >= 4 is 5.95 Å². The summed E-state index contributed by atoms with van der Waals surface area (Å²) in [6.45, 7) is 8.08. The van der Waals surface area contributed by atoms with Gasteiger partial charge in [-0.25, -0.2) is 4.98 Å². The lowest BCUT2D eigenvalue weighted by molar-refractivity contribution is 0.0364. The minimum absolute atomic E-state index is 0.380. The fraction of sp³-hybridized carbons (Fsp3) is 0.643. The van der Waals surface area contributed by atoms with Crippen LogP contribution < -0.4 is 10.6 Å². The predicted octanol–water partition coefficient (Wildman–Crippen LogP) is 1.40. The van der Waals surface area contributed by atoms with E-state index in [1.807, 2.05) is 18.5 Å². The lowest BCUT2D eigenvalue weighted by Crippen LogP contribution is -2.38. The molecule has 1 aliphatic heterocycles. The molecule has 19 heavy (non-hydrogen) atoms. The topological polar surface area (TPSA) is 56.3 Å². The number of allylic oxidation sites excluding steroid dienone is 1. The van der Waals surface area contributed by atoms with E-state index in [0.29, 0.717) is 12.6 Å². The van der Waals surface area contributed by atoms with Gasteiger partial charge < -0.3 is 19.9 Å². The summed E-state index contributed by atoms with van der Waals surface area (Å²) in [5.74, 6) is 1.04. The second kappa shape index (κ2) is 7.31. The third kappa shape index (κ3) is 3.81. The van der Waals surface area contributed by atoms with Crippen molar-refractivity contribution in [3.8, 4) is 0 Å². The minimum atomic E-state index is 0.380. The Labute approximate surface area is 115 Å². The highest BCUT2D eigenvalue weighted by Crippen LogP contribution is 2.20. The molecule has 2 N–H and O–H groups in total. The van der Waals surface area contributed by atoms with Crippen LogP contribution in [0.2, 0.25) is 0 Å². The first-order valence-corrected chi connectivity index (χ1v) is 7.03. The van der Waals surface area contributed by atoms with Gasteiger partial charge in [0.25, 0.3) is 0 Å². The lowest BCUT2D eigenvalue weighted by atomic mass is 10.1. The molecule has 1 saturated heterocycles. The van der Waals surface area contributed by atoms with E-state index >= 15 is 0 Å². The Kier molecular flexibility index (Phi) is 5.42. The Morgan fingerprint density at radius 3 is 2.95 bits per heavy atom. The highest BCUT2D eigenvalue weighted by atomic mass is 16.5. The molecule has 0 aliphatic carbocycles. The molecule has 0 bridgehead atoms. The molecule has 106 valence electrons. The summed E-state index contributed by atoms with van der Waals surface area (Å²) >= 11 is 0. The predicted molar refractivity (Wildman–Crippen MR) is 77.3 cm³/mol. The maximum atomic E-state index is 5.82. The van der Waals surface area contributed by atoms with E-state index in [4.69, 9.17) is 10.5 Å². The second-order valence-corrected chi connectivity index (χ2v) is 4.87. The largest absolute Gasteiger partial charge is 0.378 e. The van der Waals surface area contributed by atoms with Gasteiger partial charge in [-0.1, -0.05) is 6.08 Å². The quantitative estimate of drug-likeness (QED) is 0.597. The van der Waals surface area contributed by atoms with E-state index in [-0.39, 0.29) is 0 Å². The zero-order valence-corrected chi connectivity index (χ0v) is 11.5. The van der Waals surface area contributed by atoms with Crippen LogP contribution in [0.1, 0.15) is 19.3 Å². The smallest absolute Gasteiger partial charge is 0.205 e. The number of rotatable bonds is 7. The molecule has 0 saturated carbocycles. The average Bonchev–Trinajstić information content (AvgIpc) is 2.89. The van der Waals surface area contributed by atoms with E-state index in [9.17, 15) is 0 Å². The number of aromatic nitrogens is 2. The summed E-state index contributed by atoms with van der Waals surface area (Å²) in [6.07, 6.45) is 9.20. The summed E-state index contributed by atoms with van der Waals surface area (Å²) in [5, 5.41) is 0. The van der Waals surface area contributed by atoms with Crippen LogP contribution in [0.4, 0.5) is 5.95 Å². The van der Waals surface area contributed by atoms with E-state index in [2.05, 4.69) is 21.0 Å². The van der Waals surface area contributed by atoms with Crippen molar-refractivity contribution in [1.82, 2.24) is 9.55 Å². The van der Waals surface area contributed by atoms with E-state index in [1.54, 1.807) is 0 Å². The maximum Gasteiger partial charge on any atom is 0.205 e. The summed E-state index contributed by atoms with van der Waals surface area (Å²) in [4.78, 5) is 6.77. The molecule has 0 amide bonds. The molecule has 0 atom stereocenters. The molecule has 5 nitrogen and oxygen atoms in total. The van der Waals surface area contributed by atoms with Gasteiger partial charge in [-0.15, -0.1) is 6.58 Å². The van der Waals surface area contributed by atoms with Crippen LogP contribution in [-0.2, 0) is 11.3 Å². The number of hydrogen-bond donors (Lipinski definition) is 1. The first-order chi connectivity index (χ1) is 9.35. The molecular weight excluding hydrogens is 240 g/mol. The number of nitrogens with two attached hydrogens (primary N) is 1. The SMILES string of the molecule is C=CCn1ccnc1N1CCC(OCCCN)CC1. The van der Waals surface area contributed by atoms with Gasteiger partial charge in [0, 0.05) is 38.6 Å². The van der Waals surface area contributed by atoms with Crippen LogP contribution in [0.25, 0.3) is 0 Å². The molecule has 5 heteroatoms. The van der Waals surface area contributed by atoms with Crippen LogP contribution in [0, 0.1) is 0 Å². The number of ether oxygens (including phenoxy) is 1. The van der Waals surface area contributed by atoms with Crippen molar-refractivity contribution in [2.45, 2.75) is 31.9 Å². The second-order valence-electron chi connectivity index (χ2n) is 4.87. The molecule has 1 aliphatic rings. The molecule has 1 aromatic rings. The first kappa shape index (κ1) is 14.1. The van der Waals surface area contributed by atoms with Crippen LogP contribution in [-0.4, -0.2) is 41.9 Å². The summed E-state index contributed by atoms with van der Waals surface area (Å²) in [5.41, 5.74) is 5.47. The van der Waals surface area contributed by atoms with Gasteiger partial charge in [0.1, 0.15) is 0 Å². The third-order valence-electron chi connectivity index (χ3n) is 3.45. The van der Waals surface area contributed by atoms with Gasteiger partial charge in [-0.05, 0) is 25.8 Å². The van der Waals surface area contributed by atoms with Crippen molar-refractivity contribution in [3.05, 3.63) is 25.0 Å². The molecular formula is C14H24N4O. The van der Waals surface area contributed by atoms with Gasteiger partial charge >= 0.3 is 0 Å². The number of hydrogen-bond acceptors (Lipinski definition) is 4. The van der Waals surface area contributed by atoms with Crippen LogP contribution >= 0.6 is 0 Å².